The topological polar surface area (TPSA) is 37.3 Å². The van der Waals surface area contributed by atoms with Crippen molar-refractivity contribution in [2.75, 3.05) is 0 Å². The lowest BCUT2D eigenvalue weighted by molar-refractivity contribution is -0.121. The van der Waals surface area contributed by atoms with Crippen molar-refractivity contribution >= 4 is 5.78 Å². The van der Waals surface area contributed by atoms with Gasteiger partial charge in [-0.25, -0.2) is 0 Å². The highest BCUT2D eigenvalue weighted by atomic mass is 16.3. The molecule has 1 rings (SSSR count). The van der Waals surface area contributed by atoms with E-state index >= 15 is 0 Å². The van der Waals surface area contributed by atoms with Crippen LogP contribution >= 0.6 is 0 Å². The highest BCUT2D eigenvalue weighted by Crippen LogP contribution is 2.17. The predicted octanol–water partition coefficient (Wildman–Crippen LogP) is 2.16. The Bertz CT molecular complexity index is 303. The zero-order chi connectivity index (χ0) is 9.84. The maximum absolute atomic E-state index is 11.4. The summed E-state index contributed by atoms with van der Waals surface area (Å²) >= 11 is 0. The molecule has 1 aromatic rings. The molecule has 0 spiro atoms. The number of hydrogen-bond donors (Lipinski definition) is 1. The highest BCUT2D eigenvalue weighted by Gasteiger charge is 2.10. The van der Waals surface area contributed by atoms with Crippen molar-refractivity contribution in [3.8, 4) is 5.75 Å². The summed E-state index contributed by atoms with van der Waals surface area (Å²) in [6, 6.07) is 6.94. The van der Waals surface area contributed by atoms with E-state index in [9.17, 15) is 9.90 Å². The Morgan fingerprint density at radius 1 is 1.38 bits per heavy atom. The monoisotopic (exact) mass is 178 g/mol. The Labute approximate surface area is 78.2 Å². The minimum absolute atomic E-state index is 0.0274. The number of aromatic hydroxyl groups is 1. The third-order valence-electron chi connectivity index (χ3n) is 2.00. The van der Waals surface area contributed by atoms with Gasteiger partial charge in [-0.2, -0.15) is 0 Å². The maximum Gasteiger partial charge on any atom is 0.139 e. The second-order valence-electron chi connectivity index (χ2n) is 3.43. The molecule has 0 bridgehead atoms. The van der Waals surface area contributed by atoms with E-state index in [0.717, 1.165) is 0 Å². The molecular weight excluding hydrogens is 164 g/mol. The largest absolute Gasteiger partial charge is 0.508 e. The Hall–Kier alpha value is -1.31. The summed E-state index contributed by atoms with van der Waals surface area (Å²) in [5, 5.41) is 9.39. The van der Waals surface area contributed by atoms with Gasteiger partial charge in [0.2, 0.25) is 0 Å². The van der Waals surface area contributed by atoms with Gasteiger partial charge in [-0.1, -0.05) is 32.0 Å². The van der Waals surface area contributed by atoms with Crippen molar-refractivity contribution in [2.45, 2.75) is 20.3 Å². The first-order chi connectivity index (χ1) is 6.11. The lowest BCUT2D eigenvalue weighted by Gasteiger charge is -2.05. The van der Waals surface area contributed by atoms with Crippen LogP contribution in [0.2, 0.25) is 0 Å². The standard InChI is InChI=1S/C11H14O2/c1-8(2)11(13)7-9-5-3-4-6-10(9)12/h3-6,8,12H,7H2,1-2H3. The molecule has 0 aliphatic carbocycles. The molecule has 70 valence electrons. The first kappa shape index (κ1) is 9.78. The van der Waals surface area contributed by atoms with Crippen molar-refractivity contribution in [1.29, 1.82) is 0 Å². The van der Waals surface area contributed by atoms with Crippen molar-refractivity contribution in [3.63, 3.8) is 0 Å². The first-order valence-corrected chi connectivity index (χ1v) is 4.41. The average molecular weight is 178 g/mol. The zero-order valence-electron chi connectivity index (χ0n) is 7.95. The molecular formula is C11H14O2. The van der Waals surface area contributed by atoms with Crippen LogP contribution in [0.15, 0.2) is 24.3 Å². The molecule has 2 nitrogen and oxygen atoms in total. The van der Waals surface area contributed by atoms with Crippen LogP contribution in [0.3, 0.4) is 0 Å². The van der Waals surface area contributed by atoms with Crippen molar-refractivity contribution < 1.29 is 9.90 Å². The molecule has 1 aromatic carbocycles. The Morgan fingerprint density at radius 3 is 2.54 bits per heavy atom. The van der Waals surface area contributed by atoms with Gasteiger partial charge in [0.15, 0.2) is 0 Å². The van der Waals surface area contributed by atoms with Crippen LogP contribution in [-0.2, 0) is 11.2 Å². The van der Waals surface area contributed by atoms with Crippen LogP contribution in [0.5, 0.6) is 5.75 Å². The smallest absolute Gasteiger partial charge is 0.139 e. The lowest BCUT2D eigenvalue weighted by atomic mass is 10.0. The van der Waals surface area contributed by atoms with E-state index in [-0.39, 0.29) is 17.5 Å². The predicted molar refractivity (Wildman–Crippen MR) is 51.7 cm³/mol. The molecule has 0 aliphatic rings. The van der Waals surface area contributed by atoms with Gasteiger partial charge < -0.3 is 5.11 Å². The highest BCUT2D eigenvalue weighted by molar-refractivity contribution is 5.83. The Balaban J connectivity index is 2.75. The average Bonchev–Trinajstić information content (AvgIpc) is 2.08. The number of para-hydroxylation sites is 1. The Kier molecular flexibility index (Phi) is 3.07. The summed E-state index contributed by atoms with van der Waals surface area (Å²) in [5.74, 6) is 0.387. The fourth-order valence-corrected chi connectivity index (χ4v) is 1.05. The van der Waals surface area contributed by atoms with E-state index in [0.29, 0.717) is 12.0 Å². The van der Waals surface area contributed by atoms with E-state index < -0.39 is 0 Å². The number of benzene rings is 1. The molecule has 0 unspecified atom stereocenters. The molecule has 0 heterocycles. The molecule has 0 aliphatic heterocycles. The molecule has 1 N–H and O–H groups in total. The maximum atomic E-state index is 11.4. The van der Waals surface area contributed by atoms with Gasteiger partial charge in [0.1, 0.15) is 11.5 Å². The number of phenolic OH excluding ortho intramolecular Hbond substituents is 1. The van der Waals surface area contributed by atoms with Gasteiger partial charge >= 0.3 is 0 Å². The molecule has 13 heavy (non-hydrogen) atoms. The van der Waals surface area contributed by atoms with Gasteiger partial charge in [-0.3, -0.25) is 4.79 Å². The third kappa shape index (κ3) is 2.58. The van der Waals surface area contributed by atoms with Gasteiger partial charge in [-0.15, -0.1) is 0 Å². The normalized spacial score (nSPS) is 10.4. The molecule has 0 radical (unpaired) electrons. The summed E-state index contributed by atoms with van der Waals surface area (Å²) in [5.41, 5.74) is 0.709. The Morgan fingerprint density at radius 2 is 2.00 bits per heavy atom. The third-order valence-corrected chi connectivity index (χ3v) is 2.00. The molecule has 0 saturated heterocycles. The van der Waals surface area contributed by atoms with Gasteiger partial charge in [0.25, 0.3) is 0 Å². The summed E-state index contributed by atoms with van der Waals surface area (Å²) in [6.45, 7) is 3.73. The number of carbonyl (C=O) groups excluding carboxylic acids is 1. The molecule has 2 heteroatoms. The minimum atomic E-state index is 0.0274. The van der Waals surface area contributed by atoms with Crippen LogP contribution in [0.4, 0.5) is 0 Å². The fourth-order valence-electron chi connectivity index (χ4n) is 1.05. The summed E-state index contributed by atoms with van der Waals surface area (Å²) in [6.07, 6.45) is 0.324. The molecule has 0 amide bonds. The summed E-state index contributed by atoms with van der Waals surface area (Å²) in [4.78, 5) is 11.4. The molecule has 0 aromatic heterocycles. The van der Waals surface area contributed by atoms with Gasteiger partial charge in [-0.05, 0) is 6.07 Å². The van der Waals surface area contributed by atoms with Crippen molar-refractivity contribution in [1.82, 2.24) is 0 Å². The number of hydrogen-bond acceptors (Lipinski definition) is 2. The number of carbonyl (C=O) groups is 1. The van der Waals surface area contributed by atoms with Gasteiger partial charge in [0, 0.05) is 17.9 Å². The van der Waals surface area contributed by atoms with E-state index in [2.05, 4.69) is 0 Å². The van der Waals surface area contributed by atoms with E-state index in [4.69, 9.17) is 0 Å². The van der Waals surface area contributed by atoms with Crippen molar-refractivity contribution in [2.24, 2.45) is 5.92 Å². The van der Waals surface area contributed by atoms with Gasteiger partial charge in [0.05, 0.1) is 0 Å². The number of rotatable bonds is 3. The SMILES string of the molecule is CC(C)C(=O)Cc1ccccc1O. The van der Waals surface area contributed by atoms with Crippen LogP contribution in [0.1, 0.15) is 19.4 Å². The second-order valence-corrected chi connectivity index (χ2v) is 3.43. The van der Waals surface area contributed by atoms with Crippen LogP contribution in [-0.4, -0.2) is 10.9 Å². The molecule has 0 saturated carbocycles. The molecule has 0 atom stereocenters. The van der Waals surface area contributed by atoms with Crippen LogP contribution in [0, 0.1) is 5.92 Å². The minimum Gasteiger partial charge on any atom is -0.508 e. The first-order valence-electron chi connectivity index (χ1n) is 4.41. The lowest BCUT2D eigenvalue weighted by Crippen LogP contribution is -2.10. The van der Waals surface area contributed by atoms with Crippen LogP contribution < -0.4 is 0 Å². The number of ketones is 1. The molecule has 0 fully saturated rings. The van der Waals surface area contributed by atoms with Crippen LogP contribution in [0.25, 0.3) is 0 Å². The fraction of sp³-hybridized carbons (Fsp3) is 0.364. The number of phenols is 1. The van der Waals surface area contributed by atoms with E-state index in [1.54, 1.807) is 18.2 Å². The quantitative estimate of drug-likeness (QED) is 0.770. The summed E-state index contributed by atoms with van der Waals surface area (Å²) < 4.78 is 0. The second kappa shape index (κ2) is 4.08. The van der Waals surface area contributed by atoms with E-state index in [1.807, 2.05) is 19.9 Å². The summed E-state index contributed by atoms with van der Waals surface area (Å²) in [7, 11) is 0. The van der Waals surface area contributed by atoms with Crippen molar-refractivity contribution in [3.05, 3.63) is 29.8 Å². The number of Topliss-reactive ketones (excluding diaryl/α,β-unsaturated/α-hetero) is 1. The van der Waals surface area contributed by atoms with E-state index in [1.165, 1.54) is 0 Å². The zero-order valence-corrected chi connectivity index (χ0v) is 7.95.